The number of rotatable bonds is 4. The molecule has 1 aliphatic carbocycles. The Labute approximate surface area is 98.7 Å². The van der Waals surface area contributed by atoms with E-state index in [0.717, 1.165) is 21.3 Å². The number of nitrogens with zero attached hydrogens (tertiary/aromatic N) is 2. The fraction of sp³-hybridized carbons (Fsp3) is 0.636. The number of thioether (sulfide) groups is 1. The van der Waals surface area contributed by atoms with Crippen molar-refractivity contribution in [2.45, 2.75) is 43.6 Å². The molecule has 1 aromatic rings. The van der Waals surface area contributed by atoms with Crippen LogP contribution in [0.1, 0.15) is 48.2 Å². The van der Waals surface area contributed by atoms with Gasteiger partial charge in [0.15, 0.2) is 0 Å². The van der Waals surface area contributed by atoms with Gasteiger partial charge in [-0.3, -0.25) is 0 Å². The minimum absolute atomic E-state index is 0.591. The van der Waals surface area contributed by atoms with Gasteiger partial charge >= 0.3 is 0 Å². The van der Waals surface area contributed by atoms with E-state index in [4.69, 9.17) is 5.26 Å². The van der Waals surface area contributed by atoms with Gasteiger partial charge in [-0.25, -0.2) is 4.98 Å². The Morgan fingerprint density at radius 3 is 2.87 bits per heavy atom. The molecule has 1 saturated carbocycles. The highest BCUT2D eigenvalue weighted by molar-refractivity contribution is 7.99. The minimum Gasteiger partial charge on any atom is -0.244 e. The summed E-state index contributed by atoms with van der Waals surface area (Å²) in [6.45, 7) is 4.37. The zero-order valence-electron chi connectivity index (χ0n) is 8.99. The lowest BCUT2D eigenvalue weighted by atomic mass is 10.3. The Morgan fingerprint density at radius 2 is 2.33 bits per heavy atom. The number of hydrogen-bond donors (Lipinski definition) is 0. The summed E-state index contributed by atoms with van der Waals surface area (Å²) in [5.74, 6) is 1.54. The lowest BCUT2D eigenvalue weighted by Gasteiger charge is -2.00. The second-order valence-corrected chi connectivity index (χ2v) is 6.72. The van der Waals surface area contributed by atoms with Crippen LogP contribution in [-0.2, 0) is 5.75 Å². The van der Waals surface area contributed by atoms with Crippen molar-refractivity contribution < 1.29 is 0 Å². The molecule has 0 radical (unpaired) electrons. The fourth-order valence-corrected chi connectivity index (χ4v) is 3.11. The maximum absolute atomic E-state index is 9.00. The van der Waals surface area contributed by atoms with Gasteiger partial charge in [0.05, 0.1) is 5.69 Å². The van der Waals surface area contributed by atoms with Gasteiger partial charge in [-0.2, -0.15) is 17.0 Å². The van der Waals surface area contributed by atoms with Gasteiger partial charge in [0.1, 0.15) is 16.0 Å². The lowest BCUT2D eigenvalue weighted by Crippen LogP contribution is -1.89. The summed E-state index contributed by atoms with van der Waals surface area (Å²) < 4.78 is 0. The summed E-state index contributed by atoms with van der Waals surface area (Å²) in [4.78, 5) is 5.43. The Kier molecular flexibility index (Phi) is 3.32. The van der Waals surface area contributed by atoms with Crippen LogP contribution in [0.2, 0.25) is 0 Å². The van der Waals surface area contributed by atoms with Gasteiger partial charge in [0.2, 0.25) is 0 Å². The Balaban J connectivity index is 2.09. The van der Waals surface area contributed by atoms with Gasteiger partial charge in [-0.15, -0.1) is 11.3 Å². The van der Waals surface area contributed by atoms with Crippen LogP contribution in [0.25, 0.3) is 0 Å². The molecule has 2 rings (SSSR count). The summed E-state index contributed by atoms with van der Waals surface area (Å²) in [5, 5.41) is 10.7. The molecule has 0 aromatic carbocycles. The predicted molar refractivity (Wildman–Crippen MR) is 65.2 cm³/mol. The molecule has 0 N–H and O–H groups in total. The van der Waals surface area contributed by atoms with Crippen molar-refractivity contribution >= 4 is 23.1 Å². The summed E-state index contributed by atoms with van der Waals surface area (Å²) in [6.07, 6.45) is 2.43. The van der Waals surface area contributed by atoms with Crippen molar-refractivity contribution in [3.05, 3.63) is 15.6 Å². The highest BCUT2D eigenvalue weighted by Crippen LogP contribution is 2.42. The molecule has 80 valence electrons. The Hall–Kier alpha value is -0.530. The van der Waals surface area contributed by atoms with Crippen LogP contribution in [0.3, 0.4) is 0 Å². The number of thiazole rings is 1. The van der Waals surface area contributed by atoms with Crippen LogP contribution in [0.5, 0.6) is 0 Å². The second kappa shape index (κ2) is 4.54. The molecule has 2 nitrogen and oxygen atoms in total. The molecular formula is C11H14N2S2. The van der Waals surface area contributed by atoms with E-state index in [1.54, 1.807) is 11.3 Å². The number of nitriles is 1. The third kappa shape index (κ3) is 2.73. The number of aromatic nitrogens is 1. The fourth-order valence-electron chi connectivity index (χ4n) is 1.39. The molecule has 0 amide bonds. The summed E-state index contributed by atoms with van der Waals surface area (Å²) in [5.41, 5.74) is 1.07. The van der Waals surface area contributed by atoms with Crippen LogP contribution in [-0.4, -0.2) is 10.2 Å². The highest BCUT2D eigenvalue weighted by Gasteiger charge is 2.29. The summed E-state index contributed by atoms with van der Waals surface area (Å²) >= 11 is 3.46. The van der Waals surface area contributed by atoms with Crippen LogP contribution in [0.15, 0.2) is 0 Å². The first-order valence-corrected chi connectivity index (χ1v) is 7.08. The summed E-state index contributed by atoms with van der Waals surface area (Å²) in [6, 6.07) is 2.27. The van der Waals surface area contributed by atoms with E-state index in [1.807, 2.05) is 11.8 Å². The molecule has 4 heteroatoms. The van der Waals surface area contributed by atoms with Crippen molar-refractivity contribution in [3.8, 4) is 6.07 Å². The molecule has 0 spiro atoms. The molecule has 1 fully saturated rings. The highest BCUT2D eigenvalue weighted by atomic mass is 32.2. The van der Waals surface area contributed by atoms with Crippen molar-refractivity contribution in [2.24, 2.45) is 0 Å². The predicted octanol–water partition coefficient (Wildman–Crippen LogP) is 3.53. The van der Waals surface area contributed by atoms with Crippen LogP contribution in [0.4, 0.5) is 0 Å². The third-order valence-corrected chi connectivity index (χ3v) is 4.57. The monoisotopic (exact) mass is 238 g/mol. The van der Waals surface area contributed by atoms with E-state index in [1.165, 1.54) is 12.8 Å². The first-order valence-electron chi connectivity index (χ1n) is 5.22. The molecule has 0 atom stereocenters. The van der Waals surface area contributed by atoms with Gasteiger partial charge < -0.3 is 0 Å². The molecule has 0 aliphatic heterocycles. The van der Waals surface area contributed by atoms with Crippen LogP contribution in [0, 0.1) is 11.3 Å². The average Bonchev–Trinajstić information content (AvgIpc) is 2.96. The molecule has 1 aliphatic rings. The molecule has 0 bridgehead atoms. The first-order chi connectivity index (χ1) is 7.20. The standard InChI is InChI=1S/C11H14N2S2/c1-7(2)14-6-10-13-11(8-3-4-8)9(5-12)15-10/h7-8H,3-4,6H2,1-2H3. The van der Waals surface area contributed by atoms with Crippen molar-refractivity contribution in [1.29, 1.82) is 5.26 Å². The molecule has 0 saturated heterocycles. The smallest absolute Gasteiger partial charge is 0.128 e. The van der Waals surface area contributed by atoms with E-state index in [-0.39, 0.29) is 0 Å². The lowest BCUT2D eigenvalue weighted by molar-refractivity contribution is 1.02. The van der Waals surface area contributed by atoms with Gasteiger partial charge in [0.25, 0.3) is 0 Å². The van der Waals surface area contributed by atoms with Crippen LogP contribution >= 0.6 is 23.1 Å². The zero-order valence-corrected chi connectivity index (χ0v) is 10.6. The first kappa shape index (κ1) is 11.0. The van der Waals surface area contributed by atoms with Gasteiger partial charge in [-0.1, -0.05) is 13.8 Å². The van der Waals surface area contributed by atoms with E-state index >= 15 is 0 Å². The normalized spacial score (nSPS) is 15.6. The van der Waals surface area contributed by atoms with Crippen LogP contribution < -0.4 is 0 Å². The SMILES string of the molecule is CC(C)SCc1nc(C2CC2)c(C#N)s1. The second-order valence-electron chi connectivity index (χ2n) is 4.07. The van der Waals surface area contributed by atoms with Gasteiger partial charge in [-0.05, 0) is 18.1 Å². The average molecular weight is 238 g/mol. The Morgan fingerprint density at radius 1 is 1.60 bits per heavy atom. The molecule has 15 heavy (non-hydrogen) atoms. The topological polar surface area (TPSA) is 36.7 Å². The minimum atomic E-state index is 0.591. The Bertz CT molecular complexity index is 386. The van der Waals surface area contributed by atoms with E-state index in [2.05, 4.69) is 24.9 Å². The van der Waals surface area contributed by atoms with Gasteiger partial charge in [0, 0.05) is 11.7 Å². The number of hydrogen-bond acceptors (Lipinski definition) is 4. The van der Waals surface area contributed by atoms with Crippen molar-refractivity contribution in [3.63, 3.8) is 0 Å². The molecular weight excluding hydrogens is 224 g/mol. The van der Waals surface area contributed by atoms with E-state index in [0.29, 0.717) is 11.2 Å². The molecule has 1 aromatic heterocycles. The molecule has 0 unspecified atom stereocenters. The molecule has 1 heterocycles. The zero-order chi connectivity index (χ0) is 10.8. The van der Waals surface area contributed by atoms with Crippen molar-refractivity contribution in [2.75, 3.05) is 0 Å². The van der Waals surface area contributed by atoms with Crippen molar-refractivity contribution in [1.82, 2.24) is 4.98 Å². The summed E-state index contributed by atoms with van der Waals surface area (Å²) in [7, 11) is 0. The third-order valence-electron chi connectivity index (χ3n) is 2.30. The maximum Gasteiger partial charge on any atom is 0.128 e. The van der Waals surface area contributed by atoms with E-state index < -0.39 is 0 Å². The van der Waals surface area contributed by atoms with E-state index in [9.17, 15) is 0 Å². The quantitative estimate of drug-likeness (QED) is 0.805. The largest absolute Gasteiger partial charge is 0.244 e. The maximum atomic E-state index is 9.00.